The van der Waals surface area contributed by atoms with Crippen molar-refractivity contribution in [2.75, 3.05) is 6.54 Å². The van der Waals surface area contributed by atoms with E-state index in [0.29, 0.717) is 29.8 Å². The number of sulfone groups is 1. The lowest BCUT2D eigenvalue weighted by Gasteiger charge is -2.07. The molecule has 2 aromatic heterocycles. The van der Waals surface area contributed by atoms with Crippen LogP contribution in [-0.4, -0.2) is 35.6 Å². The fourth-order valence-electron chi connectivity index (χ4n) is 2.80. The van der Waals surface area contributed by atoms with Gasteiger partial charge in [-0.15, -0.1) is 0 Å². The number of H-pyrrole nitrogens is 1. The summed E-state index contributed by atoms with van der Waals surface area (Å²) in [7, 11) is -3.58. The maximum absolute atomic E-state index is 12.5. The zero-order valence-electron chi connectivity index (χ0n) is 15.2. The molecule has 148 valence electrons. The number of hydrogen-bond acceptors (Lipinski definition) is 6. The van der Waals surface area contributed by atoms with E-state index in [0.717, 1.165) is 5.82 Å². The second-order valence-electron chi connectivity index (χ2n) is 6.04. The second kappa shape index (κ2) is 8.53. The number of amides is 1. The summed E-state index contributed by atoms with van der Waals surface area (Å²) in [5.41, 5.74) is 0.317. The molecule has 0 saturated heterocycles. The largest absolute Gasteiger partial charge is 0.459 e. The van der Waals surface area contributed by atoms with Gasteiger partial charge in [0.05, 0.1) is 16.9 Å². The predicted molar refractivity (Wildman–Crippen MR) is 105 cm³/mol. The molecule has 0 aliphatic rings. The number of nitrogens with zero attached hydrogens (tertiary/aromatic N) is 2. The quantitative estimate of drug-likeness (QED) is 0.542. The molecule has 0 bridgehead atoms. The van der Waals surface area contributed by atoms with Crippen LogP contribution >= 0.6 is 12.2 Å². The Labute approximate surface area is 167 Å². The van der Waals surface area contributed by atoms with Gasteiger partial charge in [-0.05, 0) is 37.3 Å². The van der Waals surface area contributed by atoms with E-state index in [2.05, 4.69) is 15.5 Å². The van der Waals surface area contributed by atoms with Gasteiger partial charge in [0.15, 0.2) is 20.4 Å². The topological polar surface area (TPSA) is 110 Å². The minimum absolute atomic E-state index is 0.00568. The summed E-state index contributed by atoms with van der Waals surface area (Å²) < 4.78 is 32.7. The molecule has 0 aliphatic carbocycles. The predicted octanol–water partition coefficient (Wildman–Crippen LogP) is 2.50. The van der Waals surface area contributed by atoms with Gasteiger partial charge < -0.3 is 14.3 Å². The van der Waals surface area contributed by atoms with Crippen LogP contribution in [0.3, 0.4) is 0 Å². The Morgan fingerprint density at radius 3 is 2.75 bits per heavy atom. The molecule has 0 fully saturated rings. The lowest BCUT2D eigenvalue weighted by molar-refractivity contribution is 0.0925. The molecule has 2 heterocycles. The van der Waals surface area contributed by atoms with E-state index in [9.17, 15) is 13.2 Å². The monoisotopic (exact) mass is 420 g/mol. The highest BCUT2D eigenvalue weighted by molar-refractivity contribution is 7.90. The second-order valence-corrected chi connectivity index (χ2v) is 8.42. The molecule has 0 unspecified atom stereocenters. The van der Waals surface area contributed by atoms with Crippen LogP contribution in [0.25, 0.3) is 0 Å². The first-order valence-corrected chi connectivity index (χ1v) is 10.7. The molecule has 0 saturated carbocycles. The summed E-state index contributed by atoms with van der Waals surface area (Å²) in [6.07, 6.45) is 1.79. The molecule has 10 heteroatoms. The van der Waals surface area contributed by atoms with Gasteiger partial charge in [0.1, 0.15) is 5.82 Å². The van der Waals surface area contributed by atoms with Gasteiger partial charge in [-0.25, -0.2) is 8.42 Å². The number of furan rings is 1. The lowest BCUT2D eigenvalue weighted by Crippen LogP contribution is -2.27. The first kappa shape index (κ1) is 20.0. The fourth-order valence-corrected chi connectivity index (χ4v) is 4.46. The maximum Gasteiger partial charge on any atom is 0.287 e. The Hall–Kier alpha value is -2.72. The Kier molecular flexibility index (Phi) is 6.10. The average Bonchev–Trinajstić information content (AvgIpc) is 3.28. The van der Waals surface area contributed by atoms with Gasteiger partial charge in [0.25, 0.3) is 5.91 Å². The molecule has 28 heavy (non-hydrogen) atoms. The Balaban J connectivity index is 1.66. The summed E-state index contributed by atoms with van der Waals surface area (Å²) in [4.78, 5) is 12.6. The van der Waals surface area contributed by atoms with Crippen molar-refractivity contribution >= 4 is 28.0 Å². The molecule has 1 aromatic carbocycles. The van der Waals surface area contributed by atoms with Gasteiger partial charge in [0, 0.05) is 25.1 Å². The zero-order valence-corrected chi connectivity index (χ0v) is 16.8. The highest BCUT2D eigenvalue weighted by Crippen LogP contribution is 2.19. The highest BCUT2D eigenvalue weighted by atomic mass is 32.2. The molecule has 3 aromatic rings. The van der Waals surface area contributed by atoms with Gasteiger partial charge in [0.2, 0.25) is 0 Å². The van der Waals surface area contributed by atoms with Crippen molar-refractivity contribution in [3.63, 3.8) is 0 Å². The Bertz CT molecular complexity index is 1110. The average molecular weight is 421 g/mol. The van der Waals surface area contributed by atoms with Gasteiger partial charge in [-0.1, -0.05) is 18.2 Å². The van der Waals surface area contributed by atoms with Crippen molar-refractivity contribution in [1.29, 1.82) is 0 Å². The fraction of sp³-hybridized carbons (Fsp3) is 0.278. The number of aromatic amines is 1. The molecular weight excluding hydrogens is 400 g/mol. The van der Waals surface area contributed by atoms with Crippen molar-refractivity contribution in [3.05, 3.63) is 64.6 Å². The zero-order chi connectivity index (χ0) is 20.1. The van der Waals surface area contributed by atoms with Crippen LogP contribution in [-0.2, 0) is 28.6 Å². The summed E-state index contributed by atoms with van der Waals surface area (Å²) in [5.74, 6) is -0.0569. The minimum atomic E-state index is -3.58. The molecule has 1 amide bonds. The third kappa shape index (κ3) is 4.39. The molecule has 0 aliphatic heterocycles. The molecule has 0 spiro atoms. The lowest BCUT2D eigenvalue weighted by atomic mass is 10.2. The molecular formula is C18H20N4O4S2. The molecule has 3 rings (SSSR count). The van der Waals surface area contributed by atoms with Crippen LogP contribution in [0.2, 0.25) is 0 Å². The van der Waals surface area contributed by atoms with Crippen LogP contribution in [0.4, 0.5) is 0 Å². The molecule has 0 atom stereocenters. The number of nitrogens with one attached hydrogen (secondary N) is 2. The van der Waals surface area contributed by atoms with Crippen molar-refractivity contribution in [1.82, 2.24) is 20.1 Å². The molecule has 2 N–H and O–H groups in total. The number of carbonyl (C=O) groups excluding carboxylic acids is 1. The summed E-state index contributed by atoms with van der Waals surface area (Å²) in [5, 5.41) is 9.59. The van der Waals surface area contributed by atoms with Crippen molar-refractivity contribution in [2.45, 2.75) is 30.5 Å². The number of aromatic nitrogens is 3. The van der Waals surface area contributed by atoms with Gasteiger partial charge in [-0.3, -0.25) is 9.89 Å². The number of hydrogen-bond donors (Lipinski definition) is 2. The number of rotatable bonds is 8. The van der Waals surface area contributed by atoms with Gasteiger partial charge in [-0.2, -0.15) is 5.10 Å². The normalized spacial score (nSPS) is 11.5. The van der Waals surface area contributed by atoms with E-state index in [1.54, 1.807) is 18.2 Å². The minimum Gasteiger partial charge on any atom is -0.459 e. The SMILES string of the molecule is CCn1c(CCNC(=O)c2occc2CS(=O)(=O)c2ccccc2)n[nH]c1=S. The smallest absolute Gasteiger partial charge is 0.287 e. The van der Waals surface area contributed by atoms with Crippen LogP contribution in [0.1, 0.15) is 28.9 Å². The van der Waals surface area contributed by atoms with Crippen LogP contribution in [0.5, 0.6) is 0 Å². The standard InChI is InChI=1S/C18H20N4O4S2/c1-2-22-15(20-21-18(22)27)8-10-19-17(23)16-13(9-11-26-16)12-28(24,25)14-6-4-3-5-7-14/h3-7,9,11H,2,8,10,12H2,1H3,(H,19,23)(H,21,27). The summed E-state index contributed by atoms with van der Waals surface area (Å²) in [6, 6.07) is 9.60. The Morgan fingerprint density at radius 2 is 2.04 bits per heavy atom. The van der Waals surface area contributed by atoms with E-state index < -0.39 is 15.7 Å². The third-order valence-corrected chi connectivity index (χ3v) is 6.18. The van der Waals surface area contributed by atoms with E-state index in [4.69, 9.17) is 16.6 Å². The van der Waals surface area contributed by atoms with Crippen LogP contribution < -0.4 is 5.32 Å². The highest BCUT2D eigenvalue weighted by Gasteiger charge is 2.22. The van der Waals surface area contributed by atoms with E-state index >= 15 is 0 Å². The number of carbonyl (C=O) groups is 1. The number of benzene rings is 1. The van der Waals surface area contributed by atoms with Crippen LogP contribution in [0, 0.1) is 4.77 Å². The first-order valence-electron chi connectivity index (χ1n) is 8.69. The summed E-state index contributed by atoms with van der Waals surface area (Å²) in [6.45, 7) is 2.94. The maximum atomic E-state index is 12.5. The van der Waals surface area contributed by atoms with Crippen LogP contribution in [0.15, 0.2) is 52.0 Å². The van der Waals surface area contributed by atoms with Crippen molar-refractivity contribution < 1.29 is 17.6 Å². The van der Waals surface area contributed by atoms with Gasteiger partial charge >= 0.3 is 0 Å². The first-order chi connectivity index (χ1) is 13.4. The molecule has 8 nitrogen and oxygen atoms in total. The van der Waals surface area contributed by atoms with Crippen molar-refractivity contribution in [2.24, 2.45) is 0 Å². The van der Waals surface area contributed by atoms with E-state index in [-0.39, 0.29) is 16.4 Å². The molecule has 0 radical (unpaired) electrons. The van der Waals surface area contributed by atoms with Crippen molar-refractivity contribution in [3.8, 4) is 0 Å². The third-order valence-electron chi connectivity index (χ3n) is 4.19. The van der Waals surface area contributed by atoms with E-state index in [1.165, 1.54) is 24.5 Å². The summed E-state index contributed by atoms with van der Waals surface area (Å²) >= 11 is 5.13. The Morgan fingerprint density at radius 1 is 1.29 bits per heavy atom. The van der Waals surface area contributed by atoms with E-state index in [1.807, 2.05) is 11.5 Å².